The van der Waals surface area contributed by atoms with E-state index in [9.17, 15) is 22.8 Å². The molecule has 2 aromatic rings. The molecule has 2 aliphatic rings. The van der Waals surface area contributed by atoms with Gasteiger partial charge >= 0.3 is 5.97 Å². The van der Waals surface area contributed by atoms with Crippen molar-refractivity contribution in [2.75, 3.05) is 31.6 Å². The quantitative estimate of drug-likeness (QED) is 0.507. The summed E-state index contributed by atoms with van der Waals surface area (Å²) >= 11 is 0. The SMILES string of the molecule is Cc1ccc(C(=O)OCC(=O)c2ccc3c(c2)NC(=O)CO3)cc1S(=O)(=O)N1CCCCC1. The van der Waals surface area contributed by atoms with Crippen LogP contribution in [0.25, 0.3) is 0 Å². The molecule has 0 radical (unpaired) electrons. The largest absolute Gasteiger partial charge is 0.482 e. The number of benzene rings is 2. The summed E-state index contributed by atoms with van der Waals surface area (Å²) in [6, 6.07) is 8.86. The Balaban J connectivity index is 1.46. The second kappa shape index (κ2) is 9.32. The first-order valence-corrected chi connectivity index (χ1v) is 12.1. The van der Waals surface area contributed by atoms with Crippen LogP contribution in [-0.4, -0.2) is 56.7 Å². The molecule has 0 saturated carbocycles. The number of amides is 1. The maximum absolute atomic E-state index is 13.1. The predicted octanol–water partition coefficient (Wildman–Crippen LogP) is 2.54. The molecular formula is C23H24N2O7S. The maximum atomic E-state index is 13.1. The third kappa shape index (κ3) is 4.91. The molecular weight excluding hydrogens is 448 g/mol. The molecule has 0 atom stereocenters. The van der Waals surface area contributed by atoms with Crippen LogP contribution >= 0.6 is 0 Å². The van der Waals surface area contributed by atoms with Gasteiger partial charge in [0.05, 0.1) is 16.1 Å². The number of hydrogen-bond donors (Lipinski definition) is 1. The molecule has 33 heavy (non-hydrogen) atoms. The topological polar surface area (TPSA) is 119 Å². The lowest BCUT2D eigenvalue weighted by molar-refractivity contribution is -0.118. The Morgan fingerprint density at radius 3 is 2.55 bits per heavy atom. The van der Waals surface area contributed by atoms with Crippen molar-refractivity contribution in [2.24, 2.45) is 0 Å². The number of carbonyl (C=O) groups excluding carboxylic acids is 3. The van der Waals surface area contributed by atoms with E-state index in [1.165, 1.54) is 28.6 Å². The van der Waals surface area contributed by atoms with E-state index < -0.39 is 28.4 Å². The van der Waals surface area contributed by atoms with Gasteiger partial charge in [-0.05, 0) is 55.7 Å². The van der Waals surface area contributed by atoms with Crippen LogP contribution in [0.15, 0.2) is 41.3 Å². The van der Waals surface area contributed by atoms with Crippen LogP contribution in [0, 0.1) is 6.92 Å². The summed E-state index contributed by atoms with van der Waals surface area (Å²) in [6.07, 6.45) is 2.61. The molecule has 4 rings (SSSR count). The van der Waals surface area contributed by atoms with Crippen molar-refractivity contribution in [3.63, 3.8) is 0 Å². The lowest BCUT2D eigenvalue weighted by atomic mass is 10.1. The van der Waals surface area contributed by atoms with Gasteiger partial charge in [0.25, 0.3) is 5.91 Å². The summed E-state index contributed by atoms with van der Waals surface area (Å²) < 4.78 is 38.0. The molecule has 1 N–H and O–H groups in total. The second-order valence-corrected chi connectivity index (χ2v) is 9.90. The molecule has 0 unspecified atom stereocenters. The van der Waals surface area contributed by atoms with Gasteiger partial charge in [-0.25, -0.2) is 13.2 Å². The van der Waals surface area contributed by atoms with Crippen LogP contribution in [0.1, 0.15) is 45.5 Å². The number of nitrogens with one attached hydrogen (secondary N) is 1. The zero-order chi connectivity index (χ0) is 23.6. The van der Waals surface area contributed by atoms with Crippen molar-refractivity contribution in [1.29, 1.82) is 0 Å². The van der Waals surface area contributed by atoms with Gasteiger partial charge in [0.2, 0.25) is 10.0 Å². The van der Waals surface area contributed by atoms with Crippen LogP contribution in [0.5, 0.6) is 5.75 Å². The lowest BCUT2D eigenvalue weighted by Crippen LogP contribution is -2.36. The molecule has 0 aliphatic carbocycles. The Morgan fingerprint density at radius 2 is 1.79 bits per heavy atom. The fraction of sp³-hybridized carbons (Fsp3) is 0.348. The zero-order valence-corrected chi connectivity index (χ0v) is 18.9. The molecule has 1 saturated heterocycles. The lowest BCUT2D eigenvalue weighted by Gasteiger charge is -2.26. The average Bonchev–Trinajstić information content (AvgIpc) is 2.82. The minimum Gasteiger partial charge on any atom is -0.482 e. The number of fused-ring (bicyclic) bond motifs is 1. The molecule has 1 fully saturated rings. The molecule has 9 nitrogen and oxygen atoms in total. The number of ether oxygens (including phenoxy) is 2. The number of esters is 1. The van der Waals surface area contributed by atoms with Crippen LogP contribution in [-0.2, 0) is 19.6 Å². The number of aryl methyl sites for hydroxylation is 1. The molecule has 0 aromatic heterocycles. The molecule has 174 valence electrons. The Hall–Kier alpha value is -3.24. The van der Waals surface area contributed by atoms with Crippen LogP contribution in [0.2, 0.25) is 0 Å². The van der Waals surface area contributed by atoms with E-state index in [1.807, 2.05) is 0 Å². The standard InChI is InChI=1S/C23H24N2O7S/c1-15-5-6-17(12-21(15)33(29,30)25-9-3-2-4-10-25)23(28)32-13-19(26)16-7-8-20-18(11-16)24-22(27)14-31-20/h5-8,11-12H,2-4,9-10,13-14H2,1H3,(H,24,27). The zero-order valence-electron chi connectivity index (χ0n) is 18.1. The Kier molecular flexibility index (Phi) is 6.48. The van der Waals surface area contributed by atoms with E-state index in [0.29, 0.717) is 30.1 Å². The van der Waals surface area contributed by atoms with Crippen LogP contribution in [0.4, 0.5) is 5.69 Å². The van der Waals surface area contributed by atoms with E-state index in [2.05, 4.69) is 5.32 Å². The van der Waals surface area contributed by atoms with Crippen molar-refractivity contribution in [1.82, 2.24) is 4.31 Å². The van der Waals surface area contributed by atoms with Gasteiger partial charge in [-0.1, -0.05) is 12.5 Å². The third-order valence-electron chi connectivity index (χ3n) is 5.63. The smallest absolute Gasteiger partial charge is 0.338 e. The first-order chi connectivity index (χ1) is 15.8. The second-order valence-electron chi connectivity index (χ2n) is 7.99. The minimum absolute atomic E-state index is 0.0510. The number of carbonyl (C=O) groups is 3. The summed E-state index contributed by atoms with van der Waals surface area (Å²) in [5, 5.41) is 2.61. The number of ketones is 1. The number of nitrogens with zero attached hydrogens (tertiary/aromatic N) is 1. The minimum atomic E-state index is -3.72. The monoisotopic (exact) mass is 472 g/mol. The van der Waals surface area contributed by atoms with E-state index in [-0.39, 0.29) is 28.5 Å². The number of rotatable bonds is 6. The molecule has 0 bridgehead atoms. The van der Waals surface area contributed by atoms with E-state index in [0.717, 1.165) is 19.3 Å². The van der Waals surface area contributed by atoms with Gasteiger partial charge < -0.3 is 14.8 Å². The summed E-state index contributed by atoms with van der Waals surface area (Å²) in [6.45, 7) is 1.96. The highest BCUT2D eigenvalue weighted by molar-refractivity contribution is 7.89. The van der Waals surface area contributed by atoms with Gasteiger partial charge in [0.1, 0.15) is 5.75 Å². The van der Waals surface area contributed by atoms with E-state index >= 15 is 0 Å². The van der Waals surface area contributed by atoms with Crippen molar-refractivity contribution < 1.29 is 32.3 Å². The fourth-order valence-electron chi connectivity index (χ4n) is 3.80. The number of sulfonamides is 1. The molecule has 2 aliphatic heterocycles. The summed E-state index contributed by atoms with van der Waals surface area (Å²) in [5.74, 6) is -1.15. The van der Waals surface area contributed by atoms with E-state index in [4.69, 9.17) is 9.47 Å². The molecule has 2 heterocycles. The number of Topliss-reactive ketones (excluding diaryl/α,β-unsaturated/α-hetero) is 1. The van der Waals surface area contributed by atoms with Gasteiger partial charge in [-0.2, -0.15) is 4.31 Å². The van der Waals surface area contributed by atoms with Gasteiger partial charge in [0.15, 0.2) is 19.0 Å². The summed E-state index contributed by atoms with van der Waals surface area (Å²) in [4.78, 5) is 36.6. The highest BCUT2D eigenvalue weighted by Crippen LogP contribution is 2.29. The average molecular weight is 473 g/mol. The highest BCUT2D eigenvalue weighted by atomic mass is 32.2. The number of piperidine rings is 1. The van der Waals surface area contributed by atoms with E-state index in [1.54, 1.807) is 19.1 Å². The van der Waals surface area contributed by atoms with Gasteiger partial charge in [-0.3, -0.25) is 9.59 Å². The maximum Gasteiger partial charge on any atom is 0.338 e. The number of anilines is 1. The first kappa shape index (κ1) is 22.9. The first-order valence-electron chi connectivity index (χ1n) is 10.6. The third-order valence-corrected chi connectivity index (χ3v) is 7.67. The van der Waals surface area contributed by atoms with Crippen LogP contribution in [0.3, 0.4) is 0 Å². The van der Waals surface area contributed by atoms with Gasteiger partial charge in [-0.15, -0.1) is 0 Å². The van der Waals surface area contributed by atoms with Gasteiger partial charge in [0, 0.05) is 18.7 Å². The van der Waals surface area contributed by atoms with Crippen molar-refractivity contribution in [3.05, 3.63) is 53.1 Å². The molecule has 10 heteroatoms. The van der Waals surface area contributed by atoms with Crippen molar-refractivity contribution in [3.8, 4) is 5.75 Å². The van der Waals surface area contributed by atoms with Crippen LogP contribution < -0.4 is 10.1 Å². The highest BCUT2D eigenvalue weighted by Gasteiger charge is 2.28. The fourth-order valence-corrected chi connectivity index (χ4v) is 5.57. The Labute approximate surface area is 191 Å². The summed E-state index contributed by atoms with van der Waals surface area (Å²) in [7, 11) is -3.72. The molecule has 2 aromatic carbocycles. The Bertz CT molecular complexity index is 1220. The van der Waals surface area contributed by atoms with Crippen molar-refractivity contribution in [2.45, 2.75) is 31.1 Å². The predicted molar refractivity (Wildman–Crippen MR) is 119 cm³/mol. The van der Waals surface area contributed by atoms with Crippen molar-refractivity contribution >= 4 is 33.4 Å². The molecule has 1 amide bonds. The summed E-state index contributed by atoms with van der Waals surface area (Å²) in [5.41, 5.74) is 1.20. The number of hydrogen-bond acceptors (Lipinski definition) is 7. The molecule has 0 spiro atoms. The Morgan fingerprint density at radius 1 is 1.06 bits per heavy atom. The normalized spacial score (nSPS) is 16.3.